The number of hydrogen-bond acceptors (Lipinski definition) is 3. The van der Waals surface area contributed by atoms with Crippen molar-refractivity contribution >= 4 is 40.6 Å². The second-order valence-electron chi connectivity index (χ2n) is 4.00. The van der Waals surface area contributed by atoms with E-state index in [0.717, 1.165) is 22.0 Å². The summed E-state index contributed by atoms with van der Waals surface area (Å²) in [6.45, 7) is 2.02. The van der Waals surface area contributed by atoms with E-state index < -0.39 is 0 Å². The Kier molecular flexibility index (Phi) is 4.76. The summed E-state index contributed by atoms with van der Waals surface area (Å²) in [5, 5.41) is 6.81. The van der Waals surface area contributed by atoms with Gasteiger partial charge in [-0.25, -0.2) is 4.98 Å². The van der Waals surface area contributed by atoms with Crippen LogP contribution in [0.15, 0.2) is 47.5 Å². The minimum atomic E-state index is 0.541. The Hall–Kier alpha value is -1.59. The van der Waals surface area contributed by atoms with Gasteiger partial charge in [0, 0.05) is 11.1 Å². The lowest BCUT2D eigenvalue weighted by Gasteiger charge is -2.12. The van der Waals surface area contributed by atoms with E-state index in [9.17, 15) is 0 Å². The second kappa shape index (κ2) is 6.54. The number of aryl methyl sites for hydroxylation is 1. The first-order valence-corrected chi connectivity index (χ1v) is 7.46. The summed E-state index contributed by atoms with van der Waals surface area (Å²) in [6, 6.07) is 12.0. The van der Waals surface area contributed by atoms with Crippen LogP contribution in [-0.4, -0.2) is 16.4 Å². The van der Waals surface area contributed by atoms with Crippen LogP contribution in [0.5, 0.6) is 0 Å². The van der Waals surface area contributed by atoms with Crippen molar-refractivity contribution in [2.75, 3.05) is 16.9 Å². The van der Waals surface area contributed by atoms with Crippen LogP contribution >= 0.6 is 24.0 Å². The predicted molar refractivity (Wildman–Crippen MR) is 87.0 cm³/mol. The van der Waals surface area contributed by atoms with Crippen LogP contribution in [0, 0.1) is 6.92 Å². The van der Waals surface area contributed by atoms with Gasteiger partial charge in [-0.3, -0.25) is 0 Å². The number of rotatable bonds is 3. The van der Waals surface area contributed by atoms with Gasteiger partial charge in [-0.1, -0.05) is 12.1 Å². The van der Waals surface area contributed by atoms with Gasteiger partial charge in [-0.05, 0) is 55.2 Å². The summed E-state index contributed by atoms with van der Waals surface area (Å²) in [5.74, 6) is 0.749. The van der Waals surface area contributed by atoms with Gasteiger partial charge in [0.15, 0.2) is 5.11 Å². The molecule has 2 rings (SSSR count). The second-order valence-corrected chi connectivity index (χ2v) is 5.25. The molecule has 5 heteroatoms. The van der Waals surface area contributed by atoms with Gasteiger partial charge in [0.1, 0.15) is 5.82 Å². The maximum atomic E-state index is 5.30. The molecule has 0 atom stereocenters. The number of thiocarbonyl (C=S) groups is 1. The molecule has 0 spiro atoms. The summed E-state index contributed by atoms with van der Waals surface area (Å²) < 4.78 is 0. The lowest BCUT2D eigenvalue weighted by atomic mass is 10.3. The predicted octanol–water partition coefficient (Wildman–Crippen LogP) is 3.92. The maximum Gasteiger partial charge on any atom is 0.176 e. The number of nitrogens with zero attached hydrogens (tertiary/aromatic N) is 1. The Balaban J connectivity index is 2.05. The summed E-state index contributed by atoms with van der Waals surface area (Å²) >= 11 is 6.98. The normalized spacial score (nSPS) is 10.0. The number of pyridine rings is 1. The Labute approximate surface area is 122 Å². The molecular formula is C14H15N3S2. The molecule has 19 heavy (non-hydrogen) atoms. The minimum absolute atomic E-state index is 0.541. The standard InChI is InChI=1S/C14H15N3S2/c1-10-7-8-15-13(9-10)17-14(18)16-11-5-3-4-6-12(11)19-2/h3-9H,1-2H3,(H2,15,16,17,18). The van der Waals surface area contributed by atoms with Gasteiger partial charge in [0.05, 0.1) is 5.69 Å². The molecule has 0 unspecified atom stereocenters. The van der Waals surface area contributed by atoms with Crippen LogP contribution < -0.4 is 10.6 Å². The van der Waals surface area contributed by atoms with Gasteiger partial charge in [0.2, 0.25) is 0 Å². The Morgan fingerprint density at radius 2 is 2.00 bits per heavy atom. The molecular weight excluding hydrogens is 274 g/mol. The Morgan fingerprint density at radius 3 is 2.74 bits per heavy atom. The molecule has 1 aromatic heterocycles. The van der Waals surface area contributed by atoms with Crippen LogP contribution in [0.1, 0.15) is 5.56 Å². The topological polar surface area (TPSA) is 37.0 Å². The summed E-state index contributed by atoms with van der Waals surface area (Å²) in [6.07, 6.45) is 3.80. The van der Waals surface area contributed by atoms with E-state index in [1.807, 2.05) is 43.5 Å². The molecule has 0 radical (unpaired) electrons. The molecule has 0 aliphatic carbocycles. The van der Waals surface area contributed by atoms with Crippen LogP contribution in [-0.2, 0) is 0 Å². The van der Waals surface area contributed by atoms with Crippen molar-refractivity contribution in [1.82, 2.24) is 4.98 Å². The molecule has 0 amide bonds. The van der Waals surface area contributed by atoms with E-state index in [1.165, 1.54) is 0 Å². The lowest BCUT2D eigenvalue weighted by Crippen LogP contribution is -2.20. The van der Waals surface area contributed by atoms with E-state index in [-0.39, 0.29) is 0 Å². The number of nitrogens with one attached hydrogen (secondary N) is 2. The summed E-state index contributed by atoms with van der Waals surface area (Å²) in [5.41, 5.74) is 2.14. The number of thioether (sulfide) groups is 1. The first kappa shape index (κ1) is 13.8. The molecule has 0 fully saturated rings. The molecule has 2 N–H and O–H groups in total. The highest BCUT2D eigenvalue weighted by molar-refractivity contribution is 7.98. The molecule has 0 aliphatic rings. The average molecular weight is 289 g/mol. The van der Waals surface area contributed by atoms with Gasteiger partial charge in [0.25, 0.3) is 0 Å². The first-order chi connectivity index (χ1) is 9.19. The molecule has 0 bridgehead atoms. The van der Waals surface area contributed by atoms with Crippen molar-refractivity contribution in [2.45, 2.75) is 11.8 Å². The molecule has 1 aromatic carbocycles. The zero-order valence-electron chi connectivity index (χ0n) is 10.8. The third-order valence-corrected chi connectivity index (χ3v) is 3.51. The van der Waals surface area contributed by atoms with Gasteiger partial charge in [-0.15, -0.1) is 11.8 Å². The monoisotopic (exact) mass is 289 g/mol. The van der Waals surface area contributed by atoms with Crippen molar-refractivity contribution in [3.8, 4) is 0 Å². The smallest absolute Gasteiger partial charge is 0.176 e. The van der Waals surface area contributed by atoms with E-state index in [1.54, 1.807) is 18.0 Å². The van der Waals surface area contributed by atoms with Crippen LogP contribution in [0.3, 0.4) is 0 Å². The fourth-order valence-corrected chi connectivity index (χ4v) is 2.39. The highest BCUT2D eigenvalue weighted by atomic mass is 32.2. The van der Waals surface area contributed by atoms with Crippen molar-refractivity contribution in [3.05, 3.63) is 48.2 Å². The fourth-order valence-electron chi connectivity index (χ4n) is 1.62. The van der Waals surface area contributed by atoms with E-state index >= 15 is 0 Å². The van der Waals surface area contributed by atoms with E-state index in [4.69, 9.17) is 12.2 Å². The van der Waals surface area contributed by atoms with E-state index in [2.05, 4.69) is 21.7 Å². The maximum absolute atomic E-state index is 5.30. The molecule has 0 saturated heterocycles. The molecule has 1 heterocycles. The van der Waals surface area contributed by atoms with Crippen molar-refractivity contribution in [3.63, 3.8) is 0 Å². The van der Waals surface area contributed by atoms with E-state index in [0.29, 0.717) is 5.11 Å². The molecule has 3 nitrogen and oxygen atoms in total. The minimum Gasteiger partial charge on any atom is -0.331 e. The Morgan fingerprint density at radius 1 is 1.21 bits per heavy atom. The third kappa shape index (κ3) is 3.94. The van der Waals surface area contributed by atoms with Crippen LogP contribution in [0.4, 0.5) is 11.5 Å². The van der Waals surface area contributed by atoms with Crippen molar-refractivity contribution in [1.29, 1.82) is 0 Å². The summed E-state index contributed by atoms with van der Waals surface area (Å²) in [4.78, 5) is 5.38. The summed E-state index contributed by atoms with van der Waals surface area (Å²) in [7, 11) is 0. The van der Waals surface area contributed by atoms with Gasteiger partial charge < -0.3 is 10.6 Å². The number of aromatic nitrogens is 1. The van der Waals surface area contributed by atoms with Crippen LogP contribution in [0.25, 0.3) is 0 Å². The quantitative estimate of drug-likeness (QED) is 0.661. The lowest BCUT2D eigenvalue weighted by molar-refractivity contribution is 1.28. The molecule has 2 aromatic rings. The molecule has 0 aliphatic heterocycles. The Bertz CT molecular complexity index is 584. The molecule has 0 saturated carbocycles. The van der Waals surface area contributed by atoms with Crippen LogP contribution in [0.2, 0.25) is 0 Å². The van der Waals surface area contributed by atoms with Gasteiger partial charge >= 0.3 is 0 Å². The molecule has 98 valence electrons. The number of anilines is 2. The zero-order chi connectivity index (χ0) is 13.7. The fraction of sp³-hybridized carbons (Fsp3) is 0.143. The highest BCUT2D eigenvalue weighted by Gasteiger charge is 2.03. The SMILES string of the molecule is CSc1ccccc1NC(=S)Nc1cc(C)ccn1. The highest BCUT2D eigenvalue weighted by Crippen LogP contribution is 2.24. The number of para-hydroxylation sites is 1. The van der Waals surface area contributed by atoms with Gasteiger partial charge in [-0.2, -0.15) is 0 Å². The number of hydrogen-bond donors (Lipinski definition) is 2. The third-order valence-electron chi connectivity index (χ3n) is 2.51. The van der Waals surface area contributed by atoms with Crippen molar-refractivity contribution < 1.29 is 0 Å². The zero-order valence-corrected chi connectivity index (χ0v) is 12.4. The van der Waals surface area contributed by atoms with Crippen molar-refractivity contribution in [2.24, 2.45) is 0 Å². The average Bonchev–Trinajstić information content (AvgIpc) is 2.39. The largest absolute Gasteiger partial charge is 0.331 e. The first-order valence-electron chi connectivity index (χ1n) is 5.83. The number of benzene rings is 1.